The van der Waals surface area contributed by atoms with E-state index in [1.54, 1.807) is 0 Å². The summed E-state index contributed by atoms with van der Waals surface area (Å²) in [4.78, 5) is 12.7. The topological polar surface area (TPSA) is 75.3 Å². The summed E-state index contributed by atoms with van der Waals surface area (Å²) in [6, 6.07) is 31.3. The minimum absolute atomic E-state index is 0.130. The van der Waals surface area contributed by atoms with E-state index in [0.717, 1.165) is 38.8 Å². The highest BCUT2D eigenvalue weighted by molar-refractivity contribution is 6.60. The third-order valence-corrected chi connectivity index (χ3v) is 10.8. The van der Waals surface area contributed by atoms with E-state index < -0.39 is 20.5 Å². The van der Waals surface area contributed by atoms with Crippen molar-refractivity contribution in [1.29, 1.82) is 0 Å². The van der Waals surface area contributed by atoms with Gasteiger partial charge in [0, 0.05) is 54.5 Å². The smallest absolute Gasteiger partial charge is 0.472 e. The number of nitrogens with one attached hydrogen (secondary N) is 1. The lowest BCUT2D eigenvalue weighted by Gasteiger charge is -2.37. The lowest BCUT2D eigenvalue weighted by atomic mass is 9.83. The Hall–Kier alpha value is -3.95. The molecule has 0 fully saturated rings. The van der Waals surface area contributed by atoms with E-state index in [4.69, 9.17) is 22.8 Å². The zero-order valence-electron chi connectivity index (χ0n) is 25.7. The minimum Gasteiger partial charge on any atom is -0.472 e. The van der Waals surface area contributed by atoms with Gasteiger partial charge < -0.3 is 28.1 Å². The molecule has 4 aromatic rings. The van der Waals surface area contributed by atoms with Crippen molar-refractivity contribution in [2.45, 2.75) is 45.4 Å². The molecule has 4 aromatic carbocycles. The molecule has 0 aromatic heterocycles. The molecule has 1 aliphatic heterocycles. The van der Waals surface area contributed by atoms with Crippen molar-refractivity contribution in [2.75, 3.05) is 26.4 Å². The number of fused-ring (bicyclic) bond motifs is 3. The standard InChI is InChI=1S/C36H41NO6Si/c1-4-40-44(41-5-2,42-6-3)25-15-24-37-35(38)39-27-29-26-28-22-23-36(30-16-9-7-10-17-30,31-18-11-8-12-19-31)43-34(28)33-21-14-13-20-32(29)33/h7-14,16-23,26H,4-6,15,24-25,27H2,1-3H3,(H,37,38). The van der Waals surface area contributed by atoms with E-state index in [0.29, 0.717) is 38.8 Å². The average Bonchev–Trinajstić information content (AvgIpc) is 3.06. The summed E-state index contributed by atoms with van der Waals surface area (Å²) < 4.78 is 30.4. The van der Waals surface area contributed by atoms with Gasteiger partial charge in [0.05, 0.1) is 0 Å². The summed E-state index contributed by atoms with van der Waals surface area (Å²) in [5.41, 5.74) is 3.16. The van der Waals surface area contributed by atoms with Crippen molar-refractivity contribution < 1.29 is 27.5 Å². The molecule has 1 N–H and O–H groups in total. The lowest BCUT2D eigenvalue weighted by Crippen LogP contribution is -2.46. The van der Waals surface area contributed by atoms with Crippen LogP contribution >= 0.6 is 0 Å². The minimum atomic E-state index is -2.75. The highest BCUT2D eigenvalue weighted by Crippen LogP contribution is 2.45. The van der Waals surface area contributed by atoms with E-state index >= 15 is 0 Å². The number of amides is 1. The van der Waals surface area contributed by atoms with Crippen LogP contribution in [0.2, 0.25) is 6.04 Å². The first-order valence-corrected chi connectivity index (χ1v) is 17.3. The van der Waals surface area contributed by atoms with Gasteiger partial charge in [-0.05, 0) is 50.3 Å². The van der Waals surface area contributed by atoms with E-state index in [1.165, 1.54) is 0 Å². The fraction of sp³-hybridized carbons (Fsp3) is 0.306. The number of ether oxygens (including phenoxy) is 2. The summed E-state index contributed by atoms with van der Waals surface area (Å²) in [6.07, 6.45) is 4.42. The van der Waals surface area contributed by atoms with Crippen molar-refractivity contribution in [3.8, 4) is 5.75 Å². The van der Waals surface area contributed by atoms with Crippen LogP contribution < -0.4 is 10.1 Å². The van der Waals surface area contributed by atoms with Crippen LogP contribution in [0.3, 0.4) is 0 Å². The van der Waals surface area contributed by atoms with Crippen molar-refractivity contribution in [3.63, 3.8) is 0 Å². The van der Waals surface area contributed by atoms with Gasteiger partial charge in [-0.15, -0.1) is 0 Å². The van der Waals surface area contributed by atoms with Gasteiger partial charge >= 0.3 is 14.9 Å². The lowest BCUT2D eigenvalue weighted by molar-refractivity contribution is 0.0706. The monoisotopic (exact) mass is 611 g/mol. The van der Waals surface area contributed by atoms with Crippen LogP contribution in [0, 0.1) is 0 Å². The Kier molecular flexibility index (Phi) is 10.5. The summed E-state index contributed by atoms with van der Waals surface area (Å²) in [7, 11) is -2.75. The van der Waals surface area contributed by atoms with Crippen molar-refractivity contribution in [1.82, 2.24) is 5.32 Å². The second-order valence-corrected chi connectivity index (χ2v) is 13.2. The van der Waals surface area contributed by atoms with Crippen LogP contribution in [0.1, 0.15) is 49.4 Å². The first kappa shape index (κ1) is 31.5. The van der Waals surface area contributed by atoms with Gasteiger partial charge in [-0.25, -0.2) is 4.79 Å². The van der Waals surface area contributed by atoms with Gasteiger partial charge in [-0.1, -0.05) is 91.0 Å². The second-order valence-electron chi connectivity index (χ2n) is 10.5. The molecule has 0 saturated heterocycles. The number of rotatable bonds is 14. The summed E-state index contributed by atoms with van der Waals surface area (Å²) >= 11 is 0. The maximum absolute atomic E-state index is 12.7. The quantitative estimate of drug-likeness (QED) is 0.116. The molecule has 0 saturated carbocycles. The van der Waals surface area contributed by atoms with Crippen LogP contribution in [-0.4, -0.2) is 41.3 Å². The summed E-state index contributed by atoms with van der Waals surface area (Å²) in [6.45, 7) is 7.94. The van der Waals surface area contributed by atoms with Gasteiger partial charge in [0.25, 0.3) is 0 Å². The number of carbonyl (C=O) groups is 1. The molecule has 7 nitrogen and oxygen atoms in total. The fourth-order valence-electron chi connectivity index (χ4n) is 5.75. The Morgan fingerprint density at radius 1 is 0.795 bits per heavy atom. The molecule has 0 atom stereocenters. The maximum Gasteiger partial charge on any atom is 0.500 e. The molecule has 0 bridgehead atoms. The fourth-order valence-corrected chi connectivity index (χ4v) is 8.36. The second kappa shape index (κ2) is 14.7. The van der Waals surface area contributed by atoms with Gasteiger partial charge in [-0.2, -0.15) is 0 Å². The van der Waals surface area contributed by atoms with E-state index in [1.807, 2.05) is 81.4 Å². The van der Waals surface area contributed by atoms with Gasteiger partial charge in [0.15, 0.2) is 5.60 Å². The van der Waals surface area contributed by atoms with E-state index in [9.17, 15) is 4.79 Å². The van der Waals surface area contributed by atoms with Crippen LogP contribution in [0.25, 0.3) is 16.8 Å². The predicted octanol–water partition coefficient (Wildman–Crippen LogP) is 7.85. The molecular formula is C36H41NO6Si. The van der Waals surface area contributed by atoms with Crippen LogP contribution in [0.4, 0.5) is 4.79 Å². The largest absolute Gasteiger partial charge is 0.500 e. The SMILES string of the molecule is CCO[Si](CCCNC(=O)OCc1cc2c(c3ccccc13)OC(c1ccccc1)(c1ccccc1)C=C2)(OCC)OCC. The molecule has 5 rings (SSSR count). The average molecular weight is 612 g/mol. The van der Waals surface area contributed by atoms with Gasteiger partial charge in [0.2, 0.25) is 0 Å². The summed E-state index contributed by atoms with van der Waals surface area (Å²) in [5, 5.41) is 4.81. The van der Waals surface area contributed by atoms with Crippen LogP contribution in [0.15, 0.2) is 97.1 Å². The van der Waals surface area contributed by atoms with E-state index in [2.05, 4.69) is 47.8 Å². The molecule has 44 heavy (non-hydrogen) atoms. The molecule has 0 spiro atoms. The molecular weight excluding hydrogens is 570 g/mol. The first-order valence-electron chi connectivity index (χ1n) is 15.4. The third kappa shape index (κ3) is 6.89. The van der Waals surface area contributed by atoms with Crippen LogP contribution in [-0.2, 0) is 30.2 Å². The molecule has 0 unspecified atom stereocenters. The van der Waals surface area contributed by atoms with Crippen molar-refractivity contribution >= 4 is 31.7 Å². The molecule has 1 aliphatic rings. The van der Waals surface area contributed by atoms with Gasteiger partial charge in [0.1, 0.15) is 12.4 Å². The normalized spacial score (nSPS) is 13.7. The molecule has 0 radical (unpaired) electrons. The number of hydrogen-bond donors (Lipinski definition) is 1. The molecule has 8 heteroatoms. The van der Waals surface area contributed by atoms with Crippen molar-refractivity contribution in [2.24, 2.45) is 0 Å². The third-order valence-electron chi connectivity index (χ3n) is 7.66. The maximum atomic E-state index is 12.7. The number of hydrogen-bond acceptors (Lipinski definition) is 6. The Balaban J connectivity index is 1.32. The van der Waals surface area contributed by atoms with Gasteiger partial charge in [-0.3, -0.25) is 0 Å². The Bertz CT molecular complexity index is 1500. The molecule has 230 valence electrons. The van der Waals surface area contributed by atoms with E-state index in [-0.39, 0.29) is 6.61 Å². The number of benzene rings is 4. The Morgan fingerprint density at radius 3 is 1.95 bits per heavy atom. The zero-order chi connectivity index (χ0) is 30.8. The molecule has 1 amide bonds. The molecule has 0 aliphatic carbocycles. The molecule has 1 heterocycles. The summed E-state index contributed by atoms with van der Waals surface area (Å²) in [5.74, 6) is 0.801. The Labute approximate surface area is 261 Å². The Morgan fingerprint density at radius 2 is 1.36 bits per heavy atom. The number of carbonyl (C=O) groups excluding carboxylic acids is 1. The highest BCUT2D eigenvalue weighted by Gasteiger charge is 2.40. The number of alkyl carbamates (subject to hydrolysis) is 1. The predicted molar refractivity (Wildman–Crippen MR) is 176 cm³/mol. The van der Waals surface area contributed by atoms with Crippen LogP contribution in [0.5, 0.6) is 5.75 Å². The first-order chi connectivity index (χ1) is 21.5. The zero-order valence-corrected chi connectivity index (χ0v) is 26.7. The highest BCUT2D eigenvalue weighted by atomic mass is 28.4. The van der Waals surface area contributed by atoms with Crippen molar-refractivity contribution in [3.05, 3.63) is 119 Å².